The summed E-state index contributed by atoms with van der Waals surface area (Å²) in [7, 11) is 0. The van der Waals surface area contributed by atoms with Gasteiger partial charge in [0.2, 0.25) is 0 Å². The van der Waals surface area contributed by atoms with Crippen molar-refractivity contribution in [2.45, 2.75) is 97.5 Å². The summed E-state index contributed by atoms with van der Waals surface area (Å²) in [5, 5.41) is 0. The Morgan fingerprint density at radius 1 is 0.600 bits per heavy atom. The van der Waals surface area contributed by atoms with Crippen molar-refractivity contribution in [3.05, 3.63) is 83.9 Å². The van der Waals surface area contributed by atoms with E-state index in [1.165, 1.54) is 12.8 Å². The van der Waals surface area contributed by atoms with E-state index in [1.807, 2.05) is 31.2 Å². The minimum Gasteiger partial charge on any atom is -0.493 e. The Labute approximate surface area is 268 Å². The first-order valence-corrected chi connectivity index (χ1v) is 16.4. The minimum absolute atomic E-state index is 0.102. The summed E-state index contributed by atoms with van der Waals surface area (Å²) in [5.41, 5.74) is 2.80. The summed E-state index contributed by atoms with van der Waals surface area (Å²) in [6.07, 6.45) is 10.7. The van der Waals surface area contributed by atoms with E-state index in [0.717, 1.165) is 56.1 Å². The first kappa shape index (κ1) is 35.4. The minimum atomic E-state index is -0.470. The molecule has 0 spiro atoms. The Morgan fingerprint density at radius 3 is 1.80 bits per heavy atom. The summed E-state index contributed by atoms with van der Waals surface area (Å²) in [4.78, 5) is 36.9. The van der Waals surface area contributed by atoms with E-state index in [-0.39, 0.29) is 18.0 Å². The number of carbonyl (C=O) groups is 3. The van der Waals surface area contributed by atoms with Gasteiger partial charge >= 0.3 is 17.9 Å². The van der Waals surface area contributed by atoms with Gasteiger partial charge in [-0.3, -0.25) is 4.79 Å². The van der Waals surface area contributed by atoms with Crippen LogP contribution < -0.4 is 9.47 Å². The molecule has 0 amide bonds. The highest BCUT2D eigenvalue weighted by Gasteiger charge is 2.13. The number of hydrogen-bond donors (Lipinski definition) is 0. The zero-order valence-corrected chi connectivity index (χ0v) is 27.1. The molecule has 0 heterocycles. The number of carbonyl (C=O) groups excluding carboxylic acids is 3. The monoisotopic (exact) mass is 616 g/mol. The molecule has 1 unspecified atom stereocenters. The zero-order chi connectivity index (χ0) is 32.3. The van der Waals surface area contributed by atoms with Crippen LogP contribution >= 0.6 is 0 Å². The van der Waals surface area contributed by atoms with Crippen molar-refractivity contribution in [1.82, 2.24) is 0 Å². The lowest BCUT2D eigenvalue weighted by molar-refractivity contribution is -0.144. The van der Waals surface area contributed by atoms with Crippen LogP contribution in [-0.2, 0) is 14.3 Å². The van der Waals surface area contributed by atoms with Gasteiger partial charge in [-0.05, 0) is 85.8 Å². The van der Waals surface area contributed by atoms with Crippen LogP contribution in [0.3, 0.4) is 0 Å². The molecule has 3 rings (SSSR count). The second kappa shape index (κ2) is 20.0. The standard InChI is InChI=1S/C38H48O7/c1-4-6-8-10-13-29(3)44-37(40)32-17-15-30(16-18-32)31-19-25-35(26-20-31)45-38(41)33-21-23-34(24-22-33)42-27-12-28-43-36(39)14-11-9-7-5-2/h15-26,29H,4-14,27-28H2,1-3H3. The lowest BCUT2D eigenvalue weighted by Gasteiger charge is -2.13. The van der Waals surface area contributed by atoms with Crippen LogP contribution in [-0.4, -0.2) is 37.2 Å². The Bertz CT molecular complexity index is 1300. The average molecular weight is 617 g/mol. The van der Waals surface area contributed by atoms with Gasteiger partial charge in [0, 0.05) is 12.8 Å². The molecule has 1 atom stereocenters. The molecule has 45 heavy (non-hydrogen) atoms. The molecular weight excluding hydrogens is 568 g/mol. The first-order valence-electron chi connectivity index (χ1n) is 16.4. The number of hydrogen-bond acceptors (Lipinski definition) is 7. The third-order valence-corrected chi connectivity index (χ3v) is 7.44. The van der Waals surface area contributed by atoms with Crippen molar-refractivity contribution < 1.29 is 33.3 Å². The molecule has 0 saturated carbocycles. The smallest absolute Gasteiger partial charge is 0.343 e. The van der Waals surface area contributed by atoms with E-state index >= 15 is 0 Å². The fourth-order valence-electron chi connectivity index (χ4n) is 4.74. The number of ether oxygens (including phenoxy) is 4. The van der Waals surface area contributed by atoms with Gasteiger partial charge in [-0.25, -0.2) is 9.59 Å². The van der Waals surface area contributed by atoms with Crippen LogP contribution in [0.2, 0.25) is 0 Å². The van der Waals surface area contributed by atoms with Gasteiger partial charge in [0.25, 0.3) is 0 Å². The molecule has 0 aromatic heterocycles. The molecule has 0 aliphatic rings. The highest BCUT2D eigenvalue weighted by Crippen LogP contribution is 2.24. The molecule has 0 bridgehead atoms. The lowest BCUT2D eigenvalue weighted by atomic mass is 10.0. The second-order valence-electron chi connectivity index (χ2n) is 11.3. The highest BCUT2D eigenvalue weighted by atomic mass is 16.5. The van der Waals surface area contributed by atoms with E-state index in [9.17, 15) is 14.4 Å². The number of rotatable bonds is 20. The normalized spacial score (nSPS) is 11.4. The van der Waals surface area contributed by atoms with E-state index in [0.29, 0.717) is 48.7 Å². The maximum atomic E-state index is 12.7. The Hall–Kier alpha value is -4.13. The average Bonchev–Trinajstić information content (AvgIpc) is 3.05. The summed E-state index contributed by atoms with van der Waals surface area (Å²) in [6.45, 7) is 6.99. The van der Waals surface area contributed by atoms with Crippen molar-refractivity contribution >= 4 is 17.9 Å². The van der Waals surface area contributed by atoms with Crippen LogP contribution in [0.1, 0.15) is 112 Å². The Morgan fingerprint density at radius 2 is 1.16 bits per heavy atom. The predicted molar refractivity (Wildman–Crippen MR) is 177 cm³/mol. The largest absolute Gasteiger partial charge is 0.493 e. The van der Waals surface area contributed by atoms with Crippen molar-refractivity contribution in [3.8, 4) is 22.6 Å². The molecular formula is C38H48O7. The quantitative estimate of drug-likeness (QED) is 0.0710. The molecule has 7 nitrogen and oxygen atoms in total. The summed E-state index contributed by atoms with van der Waals surface area (Å²) in [5.74, 6) is 0.116. The molecule has 0 fully saturated rings. The van der Waals surface area contributed by atoms with E-state index < -0.39 is 5.97 Å². The van der Waals surface area contributed by atoms with E-state index in [2.05, 4.69) is 13.8 Å². The van der Waals surface area contributed by atoms with Crippen molar-refractivity contribution in [2.75, 3.05) is 13.2 Å². The number of esters is 3. The molecule has 0 N–H and O–H groups in total. The molecule has 242 valence electrons. The predicted octanol–water partition coefficient (Wildman–Crippen LogP) is 9.37. The van der Waals surface area contributed by atoms with Gasteiger partial charge in [0.05, 0.1) is 30.4 Å². The fraction of sp³-hybridized carbons (Fsp3) is 0.447. The zero-order valence-electron chi connectivity index (χ0n) is 27.1. The maximum Gasteiger partial charge on any atom is 0.343 e. The third kappa shape index (κ3) is 13.2. The van der Waals surface area contributed by atoms with Crippen LogP contribution in [0.5, 0.6) is 11.5 Å². The summed E-state index contributed by atoms with van der Waals surface area (Å²) >= 11 is 0. The number of benzene rings is 3. The SMILES string of the molecule is CCCCCCC(=O)OCCCOc1ccc(C(=O)Oc2ccc(-c3ccc(C(=O)OC(C)CCCCCC)cc3)cc2)cc1. The van der Waals surface area contributed by atoms with Gasteiger partial charge < -0.3 is 18.9 Å². The third-order valence-electron chi connectivity index (χ3n) is 7.44. The van der Waals surface area contributed by atoms with Gasteiger partial charge in [0.15, 0.2) is 0 Å². The molecule has 0 radical (unpaired) electrons. The molecule has 3 aromatic carbocycles. The van der Waals surface area contributed by atoms with Crippen LogP contribution in [0.4, 0.5) is 0 Å². The van der Waals surface area contributed by atoms with Crippen LogP contribution in [0.25, 0.3) is 11.1 Å². The molecule has 3 aromatic rings. The molecule has 0 aliphatic carbocycles. The fourth-order valence-corrected chi connectivity index (χ4v) is 4.74. The maximum absolute atomic E-state index is 12.7. The van der Waals surface area contributed by atoms with Crippen molar-refractivity contribution in [3.63, 3.8) is 0 Å². The Balaban J connectivity index is 1.39. The molecule has 0 saturated heterocycles. The second-order valence-corrected chi connectivity index (χ2v) is 11.3. The molecule has 0 aliphatic heterocycles. The summed E-state index contributed by atoms with van der Waals surface area (Å²) in [6, 6.07) is 21.3. The first-order chi connectivity index (χ1) is 21.9. The van der Waals surface area contributed by atoms with Gasteiger partial charge in [-0.15, -0.1) is 0 Å². The molecule has 7 heteroatoms. The van der Waals surface area contributed by atoms with Crippen molar-refractivity contribution in [2.24, 2.45) is 0 Å². The number of unbranched alkanes of at least 4 members (excludes halogenated alkanes) is 6. The highest BCUT2D eigenvalue weighted by molar-refractivity contribution is 5.91. The van der Waals surface area contributed by atoms with E-state index in [4.69, 9.17) is 18.9 Å². The van der Waals surface area contributed by atoms with E-state index in [1.54, 1.807) is 48.5 Å². The van der Waals surface area contributed by atoms with Gasteiger partial charge in [-0.2, -0.15) is 0 Å². The van der Waals surface area contributed by atoms with Crippen LogP contribution in [0, 0.1) is 0 Å². The van der Waals surface area contributed by atoms with Gasteiger partial charge in [-0.1, -0.05) is 76.6 Å². The topological polar surface area (TPSA) is 88.1 Å². The van der Waals surface area contributed by atoms with Gasteiger partial charge in [0.1, 0.15) is 11.5 Å². The Kier molecular flexibility index (Phi) is 15.7. The van der Waals surface area contributed by atoms with Crippen molar-refractivity contribution in [1.29, 1.82) is 0 Å². The lowest BCUT2D eigenvalue weighted by Crippen LogP contribution is -2.15. The van der Waals surface area contributed by atoms with Crippen LogP contribution in [0.15, 0.2) is 72.8 Å². The summed E-state index contributed by atoms with van der Waals surface area (Å²) < 4.78 is 22.1.